The largest absolute Gasteiger partial charge is 0.310 e. The topological polar surface area (TPSA) is 15.3 Å². The molecule has 0 aliphatic carbocycles. The van der Waals surface area contributed by atoms with Gasteiger partial charge in [0.15, 0.2) is 0 Å². The highest BCUT2D eigenvalue weighted by molar-refractivity contribution is 4.85. The Hall–Kier alpha value is -0.0800. The van der Waals surface area contributed by atoms with E-state index in [0.717, 1.165) is 0 Å². The summed E-state index contributed by atoms with van der Waals surface area (Å²) in [6.45, 7) is 11.6. The Morgan fingerprint density at radius 2 is 2.00 bits per heavy atom. The fourth-order valence-electron chi connectivity index (χ4n) is 1.67. The molecule has 0 aromatic rings. The van der Waals surface area contributed by atoms with Gasteiger partial charge in [-0.1, -0.05) is 20.8 Å². The van der Waals surface area contributed by atoms with Crippen molar-refractivity contribution in [2.75, 3.05) is 20.1 Å². The van der Waals surface area contributed by atoms with Crippen molar-refractivity contribution >= 4 is 0 Å². The van der Waals surface area contributed by atoms with E-state index in [4.69, 9.17) is 0 Å². The van der Waals surface area contributed by atoms with Crippen molar-refractivity contribution in [2.45, 2.75) is 46.2 Å². The van der Waals surface area contributed by atoms with Crippen molar-refractivity contribution < 1.29 is 0 Å². The molecule has 78 valence electrons. The minimum atomic E-state index is 0.376. The number of nitrogens with zero attached hydrogens (tertiary/aromatic N) is 1. The molecule has 1 aliphatic heterocycles. The average molecular weight is 184 g/mol. The van der Waals surface area contributed by atoms with Gasteiger partial charge in [-0.2, -0.15) is 0 Å². The van der Waals surface area contributed by atoms with Crippen molar-refractivity contribution in [3.05, 3.63) is 0 Å². The quantitative estimate of drug-likeness (QED) is 0.703. The van der Waals surface area contributed by atoms with E-state index < -0.39 is 0 Å². The van der Waals surface area contributed by atoms with Crippen LogP contribution in [0.2, 0.25) is 0 Å². The number of hydrogen-bond acceptors (Lipinski definition) is 2. The highest BCUT2D eigenvalue weighted by Gasteiger charge is 2.25. The number of likely N-dealkylation sites (N-methyl/N-ethyl adjacent to an activating group) is 1. The minimum absolute atomic E-state index is 0.376. The Morgan fingerprint density at radius 3 is 2.38 bits per heavy atom. The summed E-state index contributed by atoms with van der Waals surface area (Å²) in [5.74, 6) is 0. The van der Waals surface area contributed by atoms with Crippen LogP contribution in [0.15, 0.2) is 0 Å². The zero-order valence-corrected chi connectivity index (χ0v) is 9.72. The highest BCUT2D eigenvalue weighted by atomic mass is 15.2. The Balaban J connectivity index is 2.33. The Kier molecular flexibility index (Phi) is 3.36. The van der Waals surface area contributed by atoms with Crippen molar-refractivity contribution in [3.63, 3.8) is 0 Å². The lowest BCUT2D eigenvalue weighted by Gasteiger charge is -2.31. The summed E-state index contributed by atoms with van der Waals surface area (Å²) >= 11 is 0. The molecule has 0 spiro atoms. The van der Waals surface area contributed by atoms with Crippen LogP contribution >= 0.6 is 0 Å². The maximum atomic E-state index is 3.71. The molecule has 1 N–H and O–H groups in total. The number of rotatable bonds is 2. The van der Waals surface area contributed by atoms with E-state index in [1.807, 2.05) is 0 Å². The first-order valence-electron chi connectivity index (χ1n) is 5.34. The molecule has 2 unspecified atom stereocenters. The molecule has 0 bridgehead atoms. The second-order valence-electron chi connectivity index (χ2n) is 5.50. The maximum absolute atomic E-state index is 3.71. The van der Waals surface area contributed by atoms with E-state index in [-0.39, 0.29) is 0 Å². The first kappa shape index (κ1) is 11.0. The third-order valence-corrected chi connectivity index (χ3v) is 3.18. The van der Waals surface area contributed by atoms with Gasteiger partial charge in [0.2, 0.25) is 0 Å². The first-order chi connectivity index (χ1) is 5.89. The molecule has 2 nitrogen and oxygen atoms in total. The van der Waals surface area contributed by atoms with Crippen LogP contribution in [0, 0.1) is 5.41 Å². The molecule has 0 amide bonds. The second kappa shape index (κ2) is 3.97. The minimum Gasteiger partial charge on any atom is -0.310 e. The van der Waals surface area contributed by atoms with Crippen LogP contribution in [0.5, 0.6) is 0 Å². The second-order valence-corrected chi connectivity index (χ2v) is 5.50. The molecule has 1 rings (SSSR count). The summed E-state index contributed by atoms with van der Waals surface area (Å²) in [6.07, 6.45) is 1.30. The Bertz CT molecular complexity index is 160. The molecule has 0 saturated carbocycles. The molecule has 2 heteroatoms. The highest BCUT2D eigenvalue weighted by Crippen LogP contribution is 2.20. The summed E-state index contributed by atoms with van der Waals surface area (Å²) in [4.78, 5) is 2.40. The SMILES string of the molecule is CC(NC1CCN(C)C1)C(C)(C)C. The molecule has 1 saturated heterocycles. The van der Waals surface area contributed by atoms with Gasteiger partial charge >= 0.3 is 0 Å². The van der Waals surface area contributed by atoms with E-state index in [1.54, 1.807) is 0 Å². The molecule has 13 heavy (non-hydrogen) atoms. The van der Waals surface area contributed by atoms with Crippen molar-refractivity contribution in [1.29, 1.82) is 0 Å². The van der Waals surface area contributed by atoms with Crippen molar-refractivity contribution in [2.24, 2.45) is 5.41 Å². The van der Waals surface area contributed by atoms with Crippen molar-refractivity contribution in [3.8, 4) is 0 Å². The van der Waals surface area contributed by atoms with Crippen LogP contribution in [0.4, 0.5) is 0 Å². The monoisotopic (exact) mass is 184 g/mol. The van der Waals surface area contributed by atoms with Crippen LogP contribution in [0.3, 0.4) is 0 Å². The van der Waals surface area contributed by atoms with E-state index in [0.29, 0.717) is 17.5 Å². The molecular weight excluding hydrogens is 160 g/mol. The predicted octanol–water partition coefficient (Wildman–Crippen LogP) is 1.71. The molecule has 0 aromatic heterocycles. The summed E-state index contributed by atoms with van der Waals surface area (Å²) in [7, 11) is 2.20. The smallest absolute Gasteiger partial charge is 0.0209 e. The van der Waals surface area contributed by atoms with Gasteiger partial charge in [0.25, 0.3) is 0 Å². The van der Waals surface area contributed by atoms with Crippen LogP contribution < -0.4 is 5.32 Å². The van der Waals surface area contributed by atoms with Gasteiger partial charge in [-0.25, -0.2) is 0 Å². The fraction of sp³-hybridized carbons (Fsp3) is 1.00. The normalized spacial score (nSPS) is 27.9. The lowest BCUT2D eigenvalue weighted by molar-refractivity contribution is 0.261. The van der Waals surface area contributed by atoms with Crippen LogP contribution in [-0.2, 0) is 0 Å². The first-order valence-corrected chi connectivity index (χ1v) is 5.34. The summed E-state index contributed by atoms with van der Waals surface area (Å²) in [5, 5.41) is 3.71. The molecule has 1 aliphatic rings. The maximum Gasteiger partial charge on any atom is 0.0209 e. The Labute approximate surface area is 82.7 Å². The third-order valence-electron chi connectivity index (χ3n) is 3.18. The molecular formula is C11H24N2. The van der Waals surface area contributed by atoms with Gasteiger partial charge in [0.1, 0.15) is 0 Å². The van der Waals surface area contributed by atoms with Crippen LogP contribution in [0.1, 0.15) is 34.1 Å². The lowest BCUT2D eigenvalue weighted by Crippen LogP contribution is -2.44. The van der Waals surface area contributed by atoms with Crippen molar-refractivity contribution in [1.82, 2.24) is 10.2 Å². The Morgan fingerprint density at radius 1 is 1.38 bits per heavy atom. The van der Waals surface area contributed by atoms with Gasteiger partial charge in [0, 0.05) is 18.6 Å². The van der Waals surface area contributed by atoms with E-state index in [9.17, 15) is 0 Å². The molecule has 1 fully saturated rings. The van der Waals surface area contributed by atoms with E-state index in [1.165, 1.54) is 19.5 Å². The molecule has 0 aromatic carbocycles. The van der Waals surface area contributed by atoms with Gasteiger partial charge in [-0.05, 0) is 32.4 Å². The van der Waals surface area contributed by atoms with Gasteiger partial charge in [-0.15, -0.1) is 0 Å². The zero-order valence-electron chi connectivity index (χ0n) is 9.72. The zero-order chi connectivity index (χ0) is 10.1. The number of nitrogens with one attached hydrogen (secondary N) is 1. The van der Waals surface area contributed by atoms with Gasteiger partial charge in [0.05, 0.1) is 0 Å². The van der Waals surface area contributed by atoms with Crippen LogP contribution in [-0.4, -0.2) is 37.1 Å². The average Bonchev–Trinajstić information content (AvgIpc) is 2.33. The van der Waals surface area contributed by atoms with Gasteiger partial charge in [-0.3, -0.25) is 0 Å². The van der Waals surface area contributed by atoms with E-state index >= 15 is 0 Å². The summed E-state index contributed by atoms with van der Waals surface area (Å²) in [6, 6.07) is 1.31. The third kappa shape index (κ3) is 3.28. The molecule has 2 atom stereocenters. The van der Waals surface area contributed by atoms with E-state index in [2.05, 4.69) is 45.0 Å². The summed E-state index contributed by atoms with van der Waals surface area (Å²) < 4.78 is 0. The predicted molar refractivity (Wildman–Crippen MR) is 58.0 cm³/mol. The van der Waals surface area contributed by atoms with Crippen LogP contribution in [0.25, 0.3) is 0 Å². The molecule has 1 heterocycles. The molecule has 0 radical (unpaired) electrons. The standard InChI is InChI=1S/C11H24N2/c1-9(11(2,3)4)12-10-6-7-13(5)8-10/h9-10,12H,6-8H2,1-5H3. The summed E-state index contributed by atoms with van der Waals surface area (Å²) in [5.41, 5.74) is 0.376. The van der Waals surface area contributed by atoms with Gasteiger partial charge < -0.3 is 10.2 Å². The lowest BCUT2D eigenvalue weighted by atomic mass is 9.87. The fourth-order valence-corrected chi connectivity index (χ4v) is 1.67. The number of hydrogen-bond donors (Lipinski definition) is 1. The number of likely N-dealkylation sites (tertiary alicyclic amines) is 1.